The van der Waals surface area contributed by atoms with Gasteiger partial charge >= 0.3 is 11.9 Å². The van der Waals surface area contributed by atoms with Gasteiger partial charge in [-0.3, -0.25) is 0 Å². The lowest BCUT2D eigenvalue weighted by atomic mass is 10.2. The average molecular weight is 338 g/mol. The fraction of sp³-hybridized carbons (Fsp3) is 0.0667. The van der Waals surface area contributed by atoms with Crippen molar-refractivity contribution in [2.24, 2.45) is 0 Å². The first-order valence-corrected chi connectivity index (χ1v) is 7.65. The standard InChI is InChI=1S/C15H12NO2.ClHO4/c17-14-11-16(13-9-5-2-6-10-13)15(18-14)12-7-3-1-4-8-12;2-1(3,4)5/h1-10H,11H2;(H,2,3,4,5)/q+1;/p-1. The monoisotopic (exact) mass is 337 g/mol. The van der Waals surface area contributed by atoms with Crippen molar-refractivity contribution in [2.45, 2.75) is 0 Å². The van der Waals surface area contributed by atoms with E-state index >= 15 is 0 Å². The van der Waals surface area contributed by atoms with Gasteiger partial charge in [0.25, 0.3) is 0 Å². The number of nitrogens with zero attached hydrogens (tertiary/aromatic N) is 1. The van der Waals surface area contributed by atoms with E-state index in [4.69, 9.17) is 23.4 Å². The largest absolute Gasteiger partial charge is 0.384 e. The van der Waals surface area contributed by atoms with Crippen molar-refractivity contribution in [3.05, 3.63) is 66.2 Å². The van der Waals surface area contributed by atoms with Crippen molar-refractivity contribution in [2.75, 3.05) is 6.54 Å². The summed E-state index contributed by atoms with van der Waals surface area (Å²) in [5.41, 5.74) is 1.87. The average Bonchev–Trinajstić information content (AvgIpc) is 2.89. The smallest absolute Gasteiger partial charge is 0.365 e. The first-order chi connectivity index (χ1) is 10.8. The number of hydrogen-bond donors (Lipinski definition) is 0. The predicted molar refractivity (Wildman–Crippen MR) is 67.9 cm³/mol. The second-order valence-corrected chi connectivity index (χ2v) is 5.20. The zero-order valence-electron chi connectivity index (χ0n) is 11.8. The van der Waals surface area contributed by atoms with Crippen molar-refractivity contribution in [1.82, 2.24) is 0 Å². The molecular formula is C15H12ClNO6. The molecule has 0 aromatic heterocycles. The summed E-state index contributed by atoms with van der Waals surface area (Å²) in [6, 6.07) is 19.4. The van der Waals surface area contributed by atoms with Gasteiger partial charge < -0.3 is 4.74 Å². The van der Waals surface area contributed by atoms with Gasteiger partial charge in [0, 0.05) is 12.1 Å². The highest BCUT2D eigenvalue weighted by Crippen LogP contribution is 2.18. The van der Waals surface area contributed by atoms with Crippen LogP contribution in [-0.2, 0) is 9.53 Å². The van der Waals surface area contributed by atoms with E-state index in [2.05, 4.69) is 0 Å². The van der Waals surface area contributed by atoms with Gasteiger partial charge in [-0.25, -0.2) is 23.4 Å². The minimum Gasteiger partial charge on any atom is -0.365 e. The number of esters is 1. The van der Waals surface area contributed by atoms with E-state index in [0.717, 1.165) is 11.3 Å². The Morgan fingerprint density at radius 1 is 0.870 bits per heavy atom. The summed E-state index contributed by atoms with van der Waals surface area (Å²) >= 11 is 0. The highest BCUT2D eigenvalue weighted by Gasteiger charge is 2.34. The van der Waals surface area contributed by atoms with Crippen LogP contribution in [0.25, 0.3) is 0 Å². The van der Waals surface area contributed by atoms with E-state index in [9.17, 15) is 4.79 Å². The molecule has 1 heterocycles. The zero-order valence-corrected chi connectivity index (χ0v) is 12.5. The summed E-state index contributed by atoms with van der Waals surface area (Å²) in [7, 11) is -4.94. The maximum Gasteiger partial charge on any atom is 0.384 e. The number of carbonyl (C=O) groups is 1. The van der Waals surface area contributed by atoms with Gasteiger partial charge in [0.15, 0.2) is 0 Å². The number of benzene rings is 2. The Morgan fingerprint density at radius 2 is 1.35 bits per heavy atom. The van der Waals surface area contributed by atoms with E-state index in [-0.39, 0.29) is 12.5 Å². The van der Waals surface area contributed by atoms with Crippen LogP contribution in [-0.4, -0.2) is 23.0 Å². The van der Waals surface area contributed by atoms with Gasteiger partial charge in [-0.2, -0.15) is 0 Å². The Labute approximate surface area is 134 Å². The molecule has 1 aliphatic rings. The zero-order chi connectivity index (χ0) is 16.9. The number of cyclic esters (lactones) is 1. The van der Waals surface area contributed by atoms with Crippen LogP contribution in [0.15, 0.2) is 60.7 Å². The molecule has 0 saturated heterocycles. The molecule has 0 saturated carbocycles. The van der Waals surface area contributed by atoms with Crippen molar-refractivity contribution in [1.29, 1.82) is 0 Å². The summed E-state index contributed by atoms with van der Waals surface area (Å²) in [5, 5.41) is 0. The quantitative estimate of drug-likeness (QED) is 0.444. The number of ether oxygens (including phenoxy) is 1. The molecule has 7 nitrogen and oxygen atoms in total. The molecule has 2 aromatic rings. The third kappa shape index (κ3) is 5.44. The topological polar surface area (TPSA) is 122 Å². The molecule has 0 bridgehead atoms. The number of halogens is 1. The van der Waals surface area contributed by atoms with Crippen molar-refractivity contribution >= 4 is 17.6 Å². The molecule has 0 unspecified atom stereocenters. The molecule has 0 N–H and O–H groups in total. The van der Waals surface area contributed by atoms with E-state index in [1.807, 2.05) is 65.2 Å². The van der Waals surface area contributed by atoms with Gasteiger partial charge in [-0.15, -0.1) is 14.8 Å². The Kier molecular flexibility index (Phi) is 5.43. The van der Waals surface area contributed by atoms with Crippen LogP contribution in [0.4, 0.5) is 5.69 Å². The molecule has 8 heteroatoms. The number of para-hydroxylation sites is 1. The number of rotatable bonds is 2. The summed E-state index contributed by atoms with van der Waals surface area (Å²) < 4.78 is 41.2. The Hall–Kier alpha value is -2.29. The van der Waals surface area contributed by atoms with Crippen LogP contribution in [0.2, 0.25) is 0 Å². The maximum atomic E-state index is 11.5. The third-order valence-corrected chi connectivity index (χ3v) is 2.83. The van der Waals surface area contributed by atoms with Gasteiger partial charge in [0.2, 0.25) is 12.2 Å². The second kappa shape index (κ2) is 7.32. The van der Waals surface area contributed by atoms with Crippen LogP contribution in [0.1, 0.15) is 5.56 Å². The molecule has 2 aromatic carbocycles. The maximum absolute atomic E-state index is 11.5. The minimum absolute atomic E-state index is 0.224. The Balaban J connectivity index is 0.000000338. The van der Waals surface area contributed by atoms with Gasteiger partial charge in [-0.05, 0) is 12.1 Å². The van der Waals surface area contributed by atoms with E-state index in [0.29, 0.717) is 5.90 Å². The SMILES string of the molecule is O=C1C[N+](c2ccccc2)=C(c2ccccc2)O1.[O-][Cl+3]([O-])([O-])[O-]. The van der Waals surface area contributed by atoms with Crippen LogP contribution >= 0.6 is 0 Å². The normalized spacial score (nSPS) is 14.2. The minimum atomic E-state index is -4.94. The van der Waals surface area contributed by atoms with Crippen molar-refractivity contribution < 1.29 is 43.0 Å². The highest BCUT2D eigenvalue weighted by molar-refractivity contribution is 6.01. The van der Waals surface area contributed by atoms with E-state index < -0.39 is 10.2 Å². The van der Waals surface area contributed by atoms with Gasteiger partial charge in [0.05, 0.1) is 5.56 Å². The van der Waals surface area contributed by atoms with Crippen LogP contribution in [0, 0.1) is 10.2 Å². The molecular weight excluding hydrogens is 326 g/mol. The fourth-order valence-electron chi connectivity index (χ4n) is 2.01. The molecule has 0 fully saturated rings. The third-order valence-electron chi connectivity index (χ3n) is 2.83. The van der Waals surface area contributed by atoms with Crippen LogP contribution in [0.3, 0.4) is 0 Å². The van der Waals surface area contributed by atoms with Gasteiger partial charge in [0.1, 0.15) is 0 Å². The Bertz CT molecular complexity index is 637. The van der Waals surface area contributed by atoms with Crippen molar-refractivity contribution in [3.8, 4) is 0 Å². The summed E-state index contributed by atoms with van der Waals surface area (Å²) in [4.78, 5) is 11.5. The molecule has 0 radical (unpaired) electrons. The Morgan fingerprint density at radius 3 is 1.87 bits per heavy atom. The fourth-order valence-corrected chi connectivity index (χ4v) is 2.01. The molecule has 0 spiro atoms. The van der Waals surface area contributed by atoms with E-state index in [1.165, 1.54) is 0 Å². The molecule has 3 rings (SSSR count). The molecule has 1 aliphatic heterocycles. The molecule has 0 atom stereocenters. The number of carbonyl (C=O) groups excluding carboxylic acids is 1. The number of hydrogen-bond acceptors (Lipinski definition) is 6. The lowest BCUT2D eigenvalue weighted by Crippen LogP contribution is -2.68. The van der Waals surface area contributed by atoms with Crippen LogP contribution in [0.5, 0.6) is 0 Å². The summed E-state index contributed by atoms with van der Waals surface area (Å²) in [6.45, 7) is 0.258. The lowest BCUT2D eigenvalue weighted by molar-refractivity contribution is -2.00. The molecule has 23 heavy (non-hydrogen) atoms. The first-order valence-electron chi connectivity index (χ1n) is 6.42. The molecule has 120 valence electrons. The van der Waals surface area contributed by atoms with Gasteiger partial charge in [-0.1, -0.05) is 36.4 Å². The second-order valence-electron chi connectivity index (χ2n) is 4.44. The summed E-state index contributed by atoms with van der Waals surface area (Å²) in [5.74, 6) is 0.379. The van der Waals surface area contributed by atoms with Crippen LogP contribution < -0.4 is 18.6 Å². The van der Waals surface area contributed by atoms with Crippen molar-refractivity contribution in [3.63, 3.8) is 0 Å². The molecule has 0 aliphatic carbocycles. The predicted octanol–water partition coefficient (Wildman–Crippen LogP) is -2.42. The first kappa shape index (κ1) is 17.1. The lowest BCUT2D eigenvalue weighted by Gasteiger charge is -2.17. The highest BCUT2D eigenvalue weighted by atomic mass is 35.7. The summed E-state index contributed by atoms with van der Waals surface area (Å²) in [6.07, 6.45) is 0. The molecule has 0 amide bonds. The van der Waals surface area contributed by atoms with E-state index in [1.54, 1.807) is 0 Å².